The van der Waals surface area contributed by atoms with Crippen molar-refractivity contribution in [3.8, 4) is 5.75 Å². The van der Waals surface area contributed by atoms with E-state index in [1.807, 2.05) is 45.0 Å². The summed E-state index contributed by atoms with van der Waals surface area (Å²) in [6.45, 7) is 6.66. The zero-order chi connectivity index (χ0) is 15.5. The second-order valence-corrected chi connectivity index (χ2v) is 5.96. The molecule has 6 nitrogen and oxygen atoms in total. The molecule has 0 atom stereocenters. The maximum atomic E-state index is 11.8. The minimum atomic E-state index is -0.465. The number of benzene rings is 1. The first-order valence-corrected chi connectivity index (χ1v) is 6.91. The summed E-state index contributed by atoms with van der Waals surface area (Å²) in [5.74, 6) is 0.769. The van der Waals surface area contributed by atoms with Gasteiger partial charge in [0.15, 0.2) is 0 Å². The van der Waals surface area contributed by atoms with Gasteiger partial charge in [0.1, 0.15) is 17.5 Å². The fraction of sp³-hybridized carbons (Fsp3) is 0.533. The summed E-state index contributed by atoms with van der Waals surface area (Å²) in [6, 6.07) is 7.45. The third-order valence-corrected chi connectivity index (χ3v) is 2.88. The molecule has 1 N–H and O–H groups in total. The molecule has 0 spiro atoms. The Labute approximate surface area is 124 Å². The molecule has 1 aliphatic rings. The van der Waals surface area contributed by atoms with Gasteiger partial charge in [0.05, 0.1) is 25.9 Å². The molecule has 0 bridgehead atoms. The molecule has 1 fully saturated rings. The molecule has 1 aromatic carbocycles. The average molecular weight is 294 g/mol. The number of hydrogen-bond donors (Lipinski definition) is 1. The highest BCUT2D eigenvalue weighted by Gasteiger charge is 2.35. The van der Waals surface area contributed by atoms with Crippen molar-refractivity contribution in [2.24, 2.45) is 0 Å². The largest absolute Gasteiger partial charge is 0.487 e. The van der Waals surface area contributed by atoms with Crippen molar-refractivity contribution in [1.29, 1.82) is 0 Å². The highest BCUT2D eigenvalue weighted by molar-refractivity contribution is 5.69. The molecule has 1 saturated heterocycles. The van der Waals surface area contributed by atoms with Crippen LogP contribution in [0.5, 0.6) is 5.75 Å². The maximum absolute atomic E-state index is 11.8. The van der Waals surface area contributed by atoms with Crippen molar-refractivity contribution in [3.05, 3.63) is 24.3 Å². The van der Waals surface area contributed by atoms with Crippen LogP contribution in [-0.2, 0) is 9.57 Å². The third-order valence-electron chi connectivity index (χ3n) is 2.88. The van der Waals surface area contributed by atoms with Crippen molar-refractivity contribution < 1.29 is 19.1 Å². The highest BCUT2D eigenvalue weighted by Crippen LogP contribution is 2.22. The van der Waals surface area contributed by atoms with Gasteiger partial charge in [0.2, 0.25) is 0 Å². The Morgan fingerprint density at radius 2 is 1.86 bits per heavy atom. The van der Waals surface area contributed by atoms with Gasteiger partial charge in [-0.2, -0.15) is 0 Å². The van der Waals surface area contributed by atoms with Crippen LogP contribution in [0.2, 0.25) is 0 Å². The lowest BCUT2D eigenvalue weighted by Gasteiger charge is -2.39. The lowest BCUT2D eigenvalue weighted by Crippen LogP contribution is -2.57. The minimum absolute atomic E-state index is 0.0127. The molecule has 21 heavy (non-hydrogen) atoms. The smallest absolute Gasteiger partial charge is 0.410 e. The second kappa shape index (κ2) is 6.22. The van der Waals surface area contributed by atoms with Gasteiger partial charge in [-0.3, -0.25) is 10.3 Å². The maximum Gasteiger partial charge on any atom is 0.410 e. The summed E-state index contributed by atoms with van der Waals surface area (Å²) in [7, 11) is 1.56. The molecule has 0 aromatic heterocycles. The van der Waals surface area contributed by atoms with Gasteiger partial charge in [-0.05, 0) is 45.0 Å². The Bertz CT molecular complexity index is 475. The van der Waals surface area contributed by atoms with Gasteiger partial charge in [0.25, 0.3) is 0 Å². The van der Waals surface area contributed by atoms with Gasteiger partial charge < -0.3 is 14.4 Å². The fourth-order valence-electron chi connectivity index (χ4n) is 1.90. The van der Waals surface area contributed by atoms with Crippen molar-refractivity contribution >= 4 is 11.8 Å². The zero-order valence-corrected chi connectivity index (χ0v) is 12.9. The monoisotopic (exact) mass is 294 g/mol. The molecule has 1 amide bonds. The summed E-state index contributed by atoms with van der Waals surface area (Å²) < 4.78 is 11.1. The number of rotatable bonds is 4. The van der Waals surface area contributed by atoms with Gasteiger partial charge in [-0.1, -0.05) is 0 Å². The molecular formula is C15H22N2O4. The van der Waals surface area contributed by atoms with E-state index in [9.17, 15) is 4.79 Å². The topological polar surface area (TPSA) is 60.0 Å². The van der Waals surface area contributed by atoms with Crippen molar-refractivity contribution in [1.82, 2.24) is 4.90 Å². The van der Waals surface area contributed by atoms with Crippen LogP contribution in [0.3, 0.4) is 0 Å². The van der Waals surface area contributed by atoms with Gasteiger partial charge in [-0.15, -0.1) is 0 Å². The van der Waals surface area contributed by atoms with Crippen LogP contribution in [0.4, 0.5) is 10.5 Å². The van der Waals surface area contributed by atoms with E-state index in [1.54, 1.807) is 12.0 Å². The predicted molar refractivity (Wildman–Crippen MR) is 79.3 cm³/mol. The van der Waals surface area contributed by atoms with Crippen molar-refractivity contribution in [2.75, 3.05) is 25.7 Å². The van der Waals surface area contributed by atoms with E-state index in [1.165, 1.54) is 0 Å². The first-order valence-electron chi connectivity index (χ1n) is 6.91. The molecule has 1 heterocycles. The Hall–Kier alpha value is -1.95. The summed E-state index contributed by atoms with van der Waals surface area (Å²) in [5.41, 5.74) is 3.13. The first-order chi connectivity index (χ1) is 9.87. The number of carbonyl (C=O) groups is 1. The second-order valence-electron chi connectivity index (χ2n) is 5.96. The molecule has 116 valence electrons. The van der Waals surface area contributed by atoms with E-state index in [2.05, 4.69) is 5.48 Å². The number of nitrogens with one attached hydrogen (secondary N) is 1. The van der Waals surface area contributed by atoms with Gasteiger partial charge >= 0.3 is 6.09 Å². The standard InChI is InChI=1S/C15H22N2O4/c1-15(2,3)21-14(18)17-9-13(10-17)20-12-7-5-11(6-8-12)16-19-4/h5-8,13,16H,9-10H2,1-4H3. The van der Waals surface area contributed by atoms with E-state index >= 15 is 0 Å². The lowest BCUT2D eigenvalue weighted by molar-refractivity contribution is -0.0221. The SMILES string of the molecule is CONc1ccc(OC2CN(C(=O)OC(C)(C)C)C2)cc1. The number of anilines is 1. The number of ether oxygens (including phenoxy) is 2. The summed E-state index contributed by atoms with van der Waals surface area (Å²) in [6.07, 6.45) is -0.277. The number of carbonyl (C=O) groups excluding carboxylic acids is 1. The molecule has 0 radical (unpaired) electrons. The Morgan fingerprint density at radius 1 is 1.24 bits per heavy atom. The zero-order valence-electron chi connectivity index (χ0n) is 12.9. The molecular weight excluding hydrogens is 272 g/mol. The van der Waals surface area contributed by atoms with E-state index in [4.69, 9.17) is 14.3 Å². The van der Waals surface area contributed by atoms with Crippen molar-refractivity contribution in [2.45, 2.75) is 32.5 Å². The van der Waals surface area contributed by atoms with Crippen molar-refractivity contribution in [3.63, 3.8) is 0 Å². The Kier molecular flexibility index (Phi) is 4.57. The summed E-state index contributed by atoms with van der Waals surface area (Å²) >= 11 is 0. The lowest BCUT2D eigenvalue weighted by atomic mass is 10.1. The summed E-state index contributed by atoms with van der Waals surface area (Å²) in [4.78, 5) is 18.2. The molecule has 0 saturated carbocycles. The quantitative estimate of drug-likeness (QED) is 0.865. The molecule has 1 aromatic rings. The van der Waals surface area contributed by atoms with E-state index < -0.39 is 5.60 Å². The van der Waals surface area contributed by atoms with Crippen LogP contribution in [0.1, 0.15) is 20.8 Å². The van der Waals surface area contributed by atoms with Crippen LogP contribution in [0, 0.1) is 0 Å². The summed E-state index contributed by atoms with van der Waals surface area (Å²) in [5, 5.41) is 0. The van der Waals surface area contributed by atoms with Gasteiger partial charge in [0, 0.05) is 0 Å². The molecule has 0 aliphatic carbocycles. The van der Waals surface area contributed by atoms with Crippen LogP contribution < -0.4 is 10.2 Å². The van der Waals surface area contributed by atoms with Crippen LogP contribution in [-0.4, -0.2) is 42.9 Å². The normalized spacial score (nSPS) is 15.3. The van der Waals surface area contributed by atoms with E-state index in [0.29, 0.717) is 13.1 Å². The number of hydrogen-bond acceptors (Lipinski definition) is 5. The number of amides is 1. The predicted octanol–water partition coefficient (Wildman–Crippen LogP) is 2.66. The molecule has 2 rings (SSSR count). The molecule has 6 heteroatoms. The Balaban J connectivity index is 1.76. The first kappa shape index (κ1) is 15.4. The number of nitrogens with zero attached hydrogens (tertiary/aromatic N) is 1. The minimum Gasteiger partial charge on any atom is -0.487 e. The fourth-order valence-corrected chi connectivity index (χ4v) is 1.90. The number of likely N-dealkylation sites (tertiary alicyclic amines) is 1. The average Bonchev–Trinajstić information content (AvgIpc) is 2.33. The van der Waals surface area contributed by atoms with Crippen LogP contribution in [0.25, 0.3) is 0 Å². The van der Waals surface area contributed by atoms with Crippen LogP contribution in [0.15, 0.2) is 24.3 Å². The highest BCUT2D eigenvalue weighted by atomic mass is 16.6. The third kappa shape index (κ3) is 4.53. The molecule has 1 aliphatic heterocycles. The Morgan fingerprint density at radius 3 is 2.38 bits per heavy atom. The van der Waals surface area contributed by atoms with E-state index in [-0.39, 0.29) is 12.2 Å². The molecule has 0 unspecified atom stereocenters. The van der Waals surface area contributed by atoms with Gasteiger partial charge in [-0.25, -0.2) is 4.79 Å². The van der Waals surface area contributed by atoms with E-state index in [0.717, 1.165) is 11.4 Å². The van der Waals surface area contributed by atoms with Crippen LogP contribution >= 0.6 is 0 Å².